The van der Waals surface area contributed by atoms with Crippen molar-refractivity contribution in [3.8, 4) is 17.4 Å². The normalized spacial score (nSPS) is 20.2. The third kappa shape index (κ3) is 3.48. The smallest absolute Gasteiger partial charge is 0.273 e. The second kappa shape index (κ2) is 7.13. The fraction of sp³-hybridized carbons (Fsp3) is 0.304. The van der Waals surface area contributed by atoms with Crippen LogP contribution in [0.2, 0.25) is 0 Å². The number of hydrogen-bond acceptors (Lipinski definition) is 7. The van der Waals surface area contributed by atoms with Gasteiger partial charge in [0, 0.05) is 35.6 Å². The molecule has 1 atom stereocenters. The number of hydrogen-bond donors (Lipinski definition) is 1. The number of nitro benzene ring substituents is 1. The fourth-order valence-electron chi connectivity index (χ4n) is 4.19. The zero-order chi connectivity index (χ0) is 22.5. The van der Waals surface area contributed by atoms with Crippen LogP contribution < -0.4 is 5.73 Å². The Balaban J connectivity index is 1.81. The number of nitrogens with zero attached hydrogens (tertiary/aromatic N) is 2. The number of furan rings is 1. The second-order valence-corrected chi connectivity index (χ2v) is 8.66. The van der Waals surface area contributed by atoms with Crippen molar-refractivity contribution in [1.29, 1.82) is 5.26 Å². The first-order chi connectivity index (χ1) is 14.6. The molecule has 2 aromatic rings. The van der Waals surface area contributed by atoms with Gasteiger partial charge in [-0.3, -0.25) is 14.9 Å². The second-order valence-electron chi connectivity index (χ2n) is 8.66. The summed E-state index contributed by atoms with van der Waals surface area (Å²) in [4.78, 5) is 23.8. The van der Waals surface area contributed by atoms with Crippen LogP contribution in [-0.4, -0.2) is 10.7 Å². The zero-order valence-corrected chi connectivity index (χ0v) is 17.4. The standard InChI is InChI=1S/C23H21N3O5/c1-12-4-5-13(8-15(12)26(28)29)17-6-7-18(30-17)20-14(11-24)22(25)31-19-10-23(2,3)9-16(27)21(19)20/h4-8,20H,9-10,25H2,1-3H3/t20-/m0/s1. The number of ether oxygens (including phenoxy) is 1. The summed E-state index contributed by atoms with van der Waals surface area (Å²) in [5.74, 6) is 0.298. The summed E-state index contributed by atoms with van der Waals surface area (Å²) in [6.45, 7) is 5.61. The van der Waals surface area contributed by atoms with Crippen LogP contribution in [0, 0.1) is 33.8 Å². The number of nitro groups is 1. The van der Waals surface area contributed by atoms with E-state index < -0.39 is 10.8 Å². The molecule has 1 aliphatic heterocycles. The van der Waals surface area contributed by atoms with E-state index in [1.807, 2.05) is 13.8 Å². The topological polar surface area (TPSA) is 132 Å². The molecule has 1 aromatic carbocycles. The Morgan fingerprint density at radius 1 is 1.26 bits per heavy atom. The van der Waals surface area contributed by atoms with E-state index in [9.17, 15) is 20.2 Å². The number of Topliss-reactive ketones (excluding diaryl/α,β-unsaturated/α-hetero) is 1. The summed E-state index contributed by atoms with van der Waals surface area (Å²) in [5.41, 5.74) is 7.29. The van der Waals surface area contributed by atoms with Crippen LogP contribution in [0.4, 0.5) is 5.69 Å². The molecule has 2 aliphatic rings. The number of nitrogens with two attached hydrogens (primary N) is 1. The van der Waals surface area contributed by atoms with Crippen LogP contribution in [0.1, 0.15) is 43.9 Å². The third-order valence-electron chi connectivity index (χ3n) is 5.68. The molecular weight excluding hydrogens is 398 g/mol. The number of allylic oxidation sites excluding steroid dienone is 3. The molecular formula is C23H21N3O5. The number of carbonyl (C=O) groups excluding carboxylic acids is 1. The number of ketones is 1. The molecule has 158 valence electrons. The minimum atomic E-state index is -0.772. The predicted octanol–water partition coefficient (Wildman–Crippen LogP) is 4.61. The van der Waals surface area contributed by atoms with Crippen LogP contribution >= 0.6 is 0 Å². The largest absolute Gasteiger partial charge is 0.460 e. The lowest BCUT2D eigenvalue weighted by Gasteiger charge is -2.36. The van der Waals surface area contributed by atoms with E-state index in [1.165, 1.54) is 6.07 Å². The van der Waals surface area contributed by atoms with E-state index in [4.69, 9.17) is 14.9 Å². The molecule has 2 N–H and O–H groups in total. The number of nitriles is 1. The maximum atomic E-state index is 13.0. The van der Waals surface area contributed by atoms with Crippen LogP contribution in [-0.2, 0) is 9.53 Å². The van der Waals surface area contributed by atoms with Crippen LogP contribution in [0.5, 0.6) is 0 Å². The van der Waals surface area contributed by atoms with Crippen LogP contribution in [0.25, 0.3) is 11.3 Å². The lowest BCUT2D eigenvalue weighted by molar-refractivity contribution is -0.385. The van der Waals surface area contributed by atoms with E-state index in [0.717, 1.165) is 0 Å². The summed E-state index contributed by atoms with van der Waals surface area (Å²) in [6.07, 6.45) is 0.837. The van der Waals surface area contributed by atoms with Gasteiger partial charge in [-0.2, -0.15) is 5.26 Å². The molecule has 4 rings (SSSR count). The molecule has 0 fully saturated rings. The summed E-state index contributed by atoms with van der Waals surface area (Å²) in [7, 11) is 0. The molecule has 2 heterocycles. The van der Waals surface area contributed by atoms with Gasteiger partial charge in [0.15, 0.2) is 5.78 Å². The highest BCUT2D eigenvalue weighted by Crippen LogP contribution is 2.48. The molecule has 0 spiro atoms. The van der Waals surface area contributed by atoms with Crippen molar-refractivity contribution in [2.75, 3.05) is 0 Å². The van der Waals surface area contributed by atoms with Gasteiger partial charge in [-0.25, -0.2) is 0 Å². The zero-order valence-electron chi connectivity index (χ0n) is 17.4. The molecule has 0 radical (unpaired) electrons. The average molecular weight is 419 g/mol. The maximum Gasteiger partial charge on any atom is 0.273 e. The Bertz CT molecular complexity index is 1230. The molecule has 8 heteroatoms. The van der Waals surface area contributed by atoms with E-state index in [1.54, 1.807) is 31.2 Å². The highest BCUT2D eigenvalue weighted by atomic mass is 16.6. The van der Waals surface area contributed by atoms with Gasteiger partial charge in [-0.1, -0.05) is 26.0 Å². The van der Waals surface area contributed by atoms with Gasteiger partial charge >= 0.3 is 0 Å². The van der Waals surface area contributed by atoms with E-state index in [2.05, 4.69) is 6.07 Å². The van der Waals surface area contributed by atoms with Gasteiger partial charge in [-0.05, 0) is 24.5 Å². The highest BCUT2D eigenvalue weighted by molar-refractivity contribution is 5.99. The van der Waals surface area contributed by atoms with Crippen molar-refractivity contribution < 1.29 is 18.9 Å². The Kier molecular flexibility index (Phi) is 4.69. The van der Waals surface area contributed by atoms with Crippen molar-refractivity contribution in [2.24, 2.45) is 11.1 Å². The van der Waals surface area contributed by atoms with Crippen molar-refractivity contribution >= 4 is 11.5 Å². The minimum absolute atomic E-state index is 0.0157. The highest BCUT2D eigenvalue weighted by Gasteiger charge is 2.44. The van der Waals surface area contributed by atoms with E-state index >= 15 is 0 Å². The first-order valence-corrected chi connectivity index (χ1v) is 9.80. The van der Waals surface area contributed by atoms with Crippen LogP contribution in [0.15, 0.2) is 57.5 Å². The molecule has 0 saturated heterocycles. The molecule has 31 heavy (non-hydrogen) atoms. The summed E-state index contributed by atoms with van der Waals surface area (Å²) in [6, 6.07) is 10.2. The Morgan fingerprint density at radius 3 is 2.68 bits per heavy atom. The van der Waals surface area contributed by atoms with Crippen LogP contribution in [0.3, 0.4) is 0 Å². The van der Waals surface area contributed by atoms with Gasteiger partial charge < -0.3 is 14.9 Å². The third-order valence-corrected chi connectivity index (χ3v) is 5.68. The number of benzene rings is 1. The molecule has 0 saturated carbocycles. The molecule has 0 amide bonds. The van der Waals surface area contributed by atoms with Gasteiger partial charge in [0.2, 0.25) is 5.88 Å². The van der Waals surface area contributed by atoms with Gasteiger partial charge in [0.05, 0.1) is 10.8 Å². The SMILES string of the molecule is Cc1ccc(-c2ccc([C@@H]3C(C#N)=C(N)OC4=C3C(=O)CC(C)(C)C4)o2)cc1[N+](=O)[O-]. The fourth-order valence-corrected chi connectivity index (χ4v) is 4.19. The van der Waals surface area contributed by atoms with Gasteiger partial charge in [0.1, 0.15) is 28.9 Å². The molecule has 8 nitrogen and oxygen atoms in total. The lowest BCUT2D eigenvalue weighted by Crippen LogP contribution is -2.33. The minimum Gasteiger partial charge on any atom is -0.460 e. The first kappa shape index (κ1) is 20.4. The Morgan fingerprint density at radius 2 is 2.00 bits per heavy atom. The molecule has 1 aromatic heterocycles. The summed E-state index contributed by atoms with van der Waals surface area (Å²) < 4.78 is 11.7. The summed E-state index contributed by atoms with van der Waals surface area (Å²) >= 11 is 0. The van der Waals surface area contributed by atoms with Crippen molar-refractivity contribution in [2.45, 2.75) is 39.5 Å². The predicted molar refractivity (Wildman–Crippen MR) is 111 cm³/mol. The number of rotatable bonds is 3. The Labute approximate surface area is 178 Å². The van der Waals surface area contributed by atoms with E-state index in [0.29, 0.717) is 46.8 Å². The molecule has 1 aliphatic carbocycles. The van der Waals surface area contributed by atoms with Crippen molar-refractivity contribution in [3.63, 3.8) is 0 Å². The maximum absolute atomic E-state index is 13.0. The van der Waals surface area contributed by atoms with E-state index in [-0.39, 0.29) is 28.3 Å². The summed E-state index contributed by atoms with van der Waals surface area (Å²) in [5, 5.41) is 21.0. The average Bonchev–Trinajstić information content (AvgIpc) is 3.15. The monoisotopic (exact) mass is 419 g/mol. The Hall–Kier alpha value is -3.86. The van der Waals surface area contributed by atoms with Crippen molar-refractivity contribution in [3.05, 3.63) is 74.6 Å². The molecule has 0 bridgehead atoms. The first-order valence-electron chi connectivity index (χ1n) is 9.80. The molecule has 0 unspecified atom stereocenters. The van der Waals surface area contributed by atoms with Crippen molar-refractivity contribution in [1.82, 2.24) is 0 Å². The van der Waals surface area contributed by atoms with Gasteiger partial charge in [-0.15, -0.1) is 0 Å². The number of aryl methyl sites for hydroxylation is 1. The lowest BCUT2D eigenvalue weighted by atomic mass is 9.71. The quantitative estimate of drug-likeness (QED) is 0.567. The van der Waals surface area contributed by atoms with Gasteiger partial charge in [0.25, 0.3) is 5.69 Å². The number of carbonyl (C=O) groups is 1.